The van der Waals surface area contributed by atoms with Crippen LogP contribution in [0.2, 0.25) is 0 Å². The zero-order valence-corrected chi connectivity index (χ0v) is 6.75. The van der Waals surface area contributed by atoms with Gasteiger partial charge in [0.15, 0.2) is 0 Å². The van der Waals surface area contributed by atoms with Gasteiger partial charge in [-0.1, -0.05) is 0 Å². The van der Waals surface area contributed by atoms with Crippen LogP contribution < -0.4 is 0 Å². The molecule has 0 radical (unpaired) electrons. The summed E-state index contributed by atoms with van der Waals surface area (Å²) in [4.78, 5) is 2.29. The molecule has 11 heavy (non-hydrogen) atoms. The maximum atomic E-state index is 9.86. The molecule has 1 atom stereocenters. The number of β-amino-alcohol motifs (C(OH)–C–C–N with tert-alkyl or cyclic N) is 1. The smallest absolute Gasteiger partial charge is 0.103 e. The van der Waals surface area contributed by atoms with Crippen molar-refractivity contribution < 1.29 is 9.84 Å². The van der Waals surface area contributed by atoms with Crippen molar-refractivity contribution in [2.75, 3.05) is 32.8 Å². The van der Waals surface area contributed by atoms with Gasteiger partial charge in [0.1, 0.15) is 5.60 Å². The molecule has 3 nitrogen and oxygen atoms in total. The van der Waals surface area contributed by atoms with E-state index in [4.69, 9.17) is 4.74 Å². The Bertz CT molecular complexity index is 139. The molecule has 3 heteroatoms. The molecule has 1 unspecified atom stereocenters. The number of hydrogen-bond donors (Lipinski definition) is 1. The highest BCUT2D eigenvalue weighted by molar-refractivity contribution is 4.88. The predicted octanol–water partition coefficient (Wildman–Crippen LogP) is -0.157. The number of nitrogens with zero attached hydrogens (tertiary/aromatic N) is 1. The molecule has 2 aliphatic heterocycles. The maximum Gasteiger partial charge on any atom is 0.103 e. The second kappa shape index (κ2) is 2.73. The molecule has 0 aromatic rings. The largest absolute Gasteiger partial charge is 0.386 e. The fourth-order valence-corrected chi connectivity index (χ4v) is 1.68. The average Bonchev–Trinajstić information content (AvgIpc) is 2.29. The molecule has 2 rings (SSSR count). The first-order valence-corrected chi connectivity index (χ1v) is 4.31. The van der Waals surface area contributed by atoms with Crippen LogP contribution in [0.5, 0.6) is 0 Å². The lowest BCUT2D eigenvalue weighted by Gasteiger charge is -2.36. The van der Waals surface area contributed by atoms with Crippen molar-refractivity contribution in [1.29, 1.82) is 0 Å². The third kappa shape index (κ3) is 1.55. The van der Waals surface area contributed by atoms with Crippen molar-refractivity contribution in [3.63, 3.8) is 0 Å². The van der Waals surface area contributed by atoms with Crippen molar-refractivity contribution in [2.24, 2.45) is 0 Å². The van der Waals surface area contributed by atoms with Crippen LogP contribution in [0, 0.1) is 0 Å². The summed E-state index contributed by atoms with van der Waals surface area (Å²) < 4.78 is 5.15. The highest BCUT2D eigenvalue weighted by Crippen LogP contribution is 2.21. The molecule has 2 saturated heterocycles. The van der Waals surface area contributed by atoms with Crippen molar-refractivity contribution >= 4 is 0 Å². The molecule has 64 valence electrons. The third-order valence-electron chi connectivity index (χ3n) is 2.55. The molecular weight excluding hydrogens is 142 g/mol. The van der Waals surface area contributed by atoms with Gasteiger partial charge in [-0.15, -0.1) is 0 Å². The van der Waals surface area contributed by atoms with Crippen LogP contribution in [0.4, 0.5) is 0 Å². The van der Waals surface area contributed by atoms with Crippen LogP contribution in [0.1, 0.15) is 12.8 Å². The van der Waals surface area contributed by atoms with E-state index in [2.05, 4.69) is 4.90 Å². The predicted molar refractivity (Wildman–Crippen MR) is 41.4 cm³/mol. The van der Waals surface area contributed by atoms with Gasteiger partial charge in [-0.25, -0.2) is 0 Å². The Morgan fingerprint density at radius 1 is 1.45 bits per heavy atom. The van der Waals surface area contributed by atoms with E-state index >= 15 is 0 Å². The molecule has 1 N–H and O–H groups in total. The van der Waals surface area contributed by atoms with Gasteiger partial charge in [-0.2, -0.15) is 0 Å². The topological polar surface area (TPSA) is 32.7 Å². The summed E-state index contributed by atoms with van der Waals surface area (Å²) in [6.07, 6.45) is 2.10. The fourth-order valence-electron chi connectivity index (χ4n) is 1.68. The van der Waals surface area contributed by atoms with Crippen molar-refractivity contribution in [2.45, 2.75) is 18.4 Å². The van der Waals surface area contributed by atoms with E-state index < -0.39 is 5.60 Å². The first-order valence-electron chi connectivity index (χ1n) is 4.31. The number of hydrogen-bond acceptors (Lipinski definition) is 3. The zero-order chi connectivity index (χ0) is 7.73. The van der Waals surface area contributed by atoms with Gasteiger partial charge in [0.25, 0.3) is 0 Å². The molecule has 0 saturated carbocycles. The summed E-state index contributed by atoms with van der Waals surface area (Å²) in [5.41, 5.74) is -0.527. The molecule has 0 amide bonds. The highest BCUT2D eigenvalue weighted by Gasteiger charge is 2.35. The van der Waals surface area contributed by atoms with Crippen LogP contribution >= 0.6 is 0 Å². The standard InChI is InChI=1S/C8H15NO2/c10-8(2-5-11-7-8)6-9-3-1-4-9/h10H,1-7H2. The summed E-state index contributed by atoms with van der Waals surface area (Å²) in [5.74, 6) is 0. The zero-order valence-electron chi connectivity index (χ0n) is 6.75. The van der Waals surface area contributed by atoms with Crippen molar-refractivity contribution in [3.8, 4) is 0 Å². The molecule has 0 aromatic carbocycles. The summed E-state index contributed by atoms with van der Waals surface area (Å²) in [6, 6.07) is 0. The normalized spacial score (nSPS) is 39.0. The van der Waals surface area contributed by atoms with Gasteiger partial charge in [0.05, 0.1) is 6.61 Å². The molecule has 0 aromatic heterocycles. The minimum Gasteiger partial charge on any atom is -0.386 e. The Morgan fingerprint density at radius 3 is 2.73 bits per heavy atom. The minimum absolute atomic E-state index is 0.527. The number of likely N-dealkylation sites (tertiary alicyclic amines) is 1. The number of aliphatic hydroxyl groups is 1. The van der Waals surface area contributed by atoms with Crippen LogP contribution in [0.25, 0.3) is 0 Å². The molecule has 2 fully saturated rings. The van der Waals surface area contributed by atoms with Crippen molar-refractivity contribution in [3.05, 3.63) is 0 Å². The van der Waals surface area contributed by atoms with Crippen LogP contribution in [-0.4, -0.2) is 48.5 Å². The molecule has 0 spiro atoms. The van der Waals surface area contributed by atoms with E-state index in [1.807, 2.05) is 0 Å². The SMILES string of the molecule is OC1(CN2CCC2)CCOC1. The average molecular weight is 157 g/mol. The first-order chi connectivity index (χ1) is 5.29. The van der Waals surface area contributed by atoms with Gasteiger partial charge in [0.2, 0.25) is 0 Å². The molecule has 0 aliphatic carbocycles. The lowest BCUT2D eigenvalue weighted by atomic mass is 10.0. The Morgan fingerprint density at radius 2 is 2.27 bits per heavy atom. The van der Waals surface area contributed by atoms with E-state index in [-0.39, 0.29) is 0 Å². The van der Waals surface area contributed by atoms with E-state index in [1.165, 1.54) is 6.42 Å². The maximum absolute atomic E-state index is 9.86. The fraction of sp³-hybridized carbons (Fsp3) is 1.00. The van der Waals surface area contributed by atoms with Gasteiger partial charge < -0.3 is 14.7 Å². The lowest BCUT2D eigenvalue weighted by Crippen LogP contribution is -2.49. The number of ether oxygens (including phenoxy) is 1. The van der Waals surface area contributed by atoms with Crippen LogP contribution in [0.15, 0.2) is 0 Å². The van der Waals surface area contributed by atoms with E-state index in [1.54, 1.807) is 0 Å². The summed E-state index contributed by atoms with van der Waals surface area (Å²) in [7, 11) is 0. The Hall–Kier alpha value is -0.120. The summed E-state index contributed by atoms with van der Waals surface area (Å²) in [5, 5.41) is 9.86. The quantitative estimate of drug-likeness (QED) is 0.604. The second-order valence-electron chi connectivity index (χ2n) is 3.66. The second-order valence-corrected chi connectivity index (χ2v) is 3.66. The third-order valence-corrected chi connectivity index (χ3v) is 2.55. The Kier molecular flexibility index (Phi) is 1.87. The Labute approximate surface area is 66.9 Å². The lowest BCUT2D eigenvalue weighted by molar-refractivity contribution is -0.0189. The minimum atomic E-state index is -0.527. The van der Waals surface area contributed by atoms with E-state index in [0.29, 0.717) is 6.61 Å². The highest BCUT2D eigenvalue weighted by atomic mass is 16.5. The van der Waals surface area contributed by atoms with Gasteiger partial charge in [-0.05, 0) is 19.5 Å². The van der Waals surface area contributed by atoms with Crippen LogP contribution in [-0.2, 0) is 4.74 Å². The molecule has 0 bridgehead atoms. The summed E-state index contributed by atoms with van der Waals surface area (Å²) >= 11 is 0. The van der Waals surface area contributed by atoms with Gasteiger partial charge >= 0.3 is 0 Å². The molecular formula is C8H15NO2. The van der Waals surface area contributed by atoms with E-state index in [9.17, 15) is 5.11 Å². The molecule has 2 heterocycles. The van der Waals surface area contributed by atoms with E-state index in [0.717, 1.165) is 32.7 Å². The van der Waals surface area contributed by atoms with Gasteiger partial charge in [0, 0.05) is 19.6 Å². The van der Waals surface area contributed by atoms with Crippen LogP contribution in [0.3, 0.4) is 0 Å². The van der Waals surface area contributed by atoms with Crippen molar-refractivity contribution in [1.82, 2.24) is 4.90 Å². The summed E-state index contributed by atoms with van der Waals surface area (Å²) in [6.45, 7) is 4.38. The number of rotatable bonds is 2. The van der Waals surface area contributed by atoms with Gasteiger partial charge in [-0.3, -0.25) is 0 Å². The monoisotopic (exact) mass is 157 g/mol. The Balaban J connectivity index is 1.82. The first kappa shape index (κ1) is 7.53. The molecule has 2 aliphatic rings.